The van der Waals surface area contributed by atoms with Crippen LogP contribution in [-0.2, 0) is 11.3 Å². The Hall–Kier alpha value is -3.40. The molecule has 1 amide bonds. The highest BCUT2D eigenvalue weighted by atomic mass is 19.1. The number of hydrogen-bond acceptors (Lipinski definition) is 4. The van der Waals surface area contributed by atoms with Gasteiger partial charge < -0.3 is 15.1 Å². The first-order chi connectivity index (χ1) is 13.6. The van der Waals surface area contributed by atoms with Gasteiger partial charge in [0, 0.05) is 44.6 Å². The molecule has 2 aromatic rings. The number of piperazine rings is 1. The van der Waals surface area contributed by atoms with E-state index in [9.17, 15) is 18.8 Å². The van der Waals surface area contributed by atoms with Crippen LogP contribution in [0.15, 0.2) is 60.3 Å². The Morgan fingerprint density at radius 2 is 1.57 bits per heavy atom. The van der Waals surface area contributed by atoms with Gasteiger partial charge in [0.15, 0.2) is 0 Å². The van der Waals surface area contributed by atoms with E-state index in [2.05, 4.69) is 10.2 Å². The molecule has 2 aromatic carbocycles. The summed E-state index contributed by atoms with van der Waals surface area (Å²) in [5.41, 5.74) is 1.78. The second-order valence-corrected chi connectivity index (χ2v) is 6.43. The van der Waals surface area contributed by atoms with Crippen LogP contribution in [-0.4, -0.2) is 37.0 Å². The summed E-state index contributed by atoms with van der Waals surface area (Å²) < 4.78 is 26.0. The summed E-state index contributed by atoms with van der Waals surface area (Å²) in [5.74, 6) is -0.922. The summed E-state index contributed by atoms with van der Waals surface area (Å²) in [6.45, 7) is 2.57. The molecule has 0 unspecified atom stereocenters. The van der Waals surface area contributed by atoms with Gasteiger partial charge >= 0.3 is 0 Å². The number of carbonyl (C=O) groups is 1. The van der Waals surface area contributed by atoms with Gasteiger partial charge in [0.25, 0.3) is 5.91 Å². The Bertz CT molecular complexity index is 880. The Morgan fingerprint density at radius 3 is 2.14 bits per heavy atom. The first-order valence-corrected chi connectivity index (χ1v) is 8.95. The van der Waals surface area contributed by atoms with E-state index in [1.165, 1.54) is 30.5 Å². The molecule has 1 fully saturated rings. The monoisotopic (exact) mass is 382 g/mol. The van der Waals surface area contributed by atoms with Crippen molar-refractivity contribution in [2.75, 3.05) is 31.1 Å². The predicted octanol–water partition coefficient (Wildman–Crippen LogP) is 2.81. The number of nitrogens with zero attached hydrogens (tertiary/aromatic N) is 3. The molecule has 0 bridgehead atoms. The molecule has 7 heteroatoms. The van der Waals surface area contributed by atoms with E-state index >= 15 is 0 Å². The molecule has 1 saturated heterocycles. The van der Waals surface area contributed by atoms with Gasteiger partial charge in [-0.15, -0.1) is 0 Å². The molecule has 1 heterocycles. The quantitative estimate of drug-likeness (QED) is 0.638. The molecule has 1 aliphatic heterocycles. The average molecular weight is 382 g/mol. The summed E-state index contributed by atoms with van der Waals surface area (Å²) in [4.78, 5) is 16.3. The zero-order valence-electron chi connectivity index (χ0n) is 15.2. The van der Waals surface area contributed by atoms with Crippen LogP contribution in [0.3, 0.4) is 0 Å². The third-order valence-electron chi connectivity index (χ3n) is 4.58. The lowest BCUT2D eigenvalue weighted by Crippen LogP contribution is -2.49. The first-order valence-electron chi connectivity index (χ1n) is 8.95. The molecule has 144 valence electrons. The summed E-state index contributed by atoms with van der Waals surface area (Å²) in [6.07, 6.45) is 1.40. The summed E-state index contributed by atoms with van der Waals surface area (Å²) in [5, 5.41) is 12.2. The van der Waals surface area contributed by atoms with Gasteiger partial charge in [0.05, 0.1) is 0 Å². The third kappa shape index (κ3) is 4.86. The van der Waals surface area contributed by atoms with E-state index in [4.69, 9.17) is 0 Å². The molecule has 0 aromatic heterocycles. The number of amides is 1. The van der Waals surface area contributed by atoms with Crippen molar-refractivity contribution < 1.29 is 13.6 Å². The van der Waals surface area contributed by atoms with Gasteiger partial charge in [-0.25, -0.2) is 8.78 Å². The Kier molecular flexibility index (Phi) is 6.22. The van der Waals surface area contributed by atoms with E-state index in [-0.39, 0.29) is 23.1 Å². The largest absolute Gasteiger partial charge is 0.386 e. The molecule has 3 rings (SSSR count). The highest BCUT2D eigenvalue weighted by Crippen LogP contribution is 2.17. The number of halogens is 2. The van der Waals surface area contributed by atoms with Crippen molar-refractivity contribution in [3.05, 3.63) is 77.5 Å². The molecule has 0 radical (unpaired) electrons. The lowest BCUT2D eigenvalue weighted by molar-refractivity contribution is -0.127. The van der Waals surface area contributed by atoms with Crippen LogP contribution in [0.25, 0.3) is 0 Å². The number of hydrogen-bond donors (Lipinski definition) is 1. The number of anilines is 1. The number of nitrogens with one attached hydrogen (secondary N) is 1. The SMILES string of the molecule is N#C/C(=C/NCc1ccc(F)cc1)C(=O)N1CCN(c2ccc(F)cc2)CC1. The number of rotatable bonds is 5. The lowest BCUT2D eigenvalue weighted by Gasteiger charge is -2.36. The highest BCUT2D eigenvalue weighted by Gasteiger charge is 2.23. The topological polar surface area (TPSA) is 59.4 Å². The molecule has 0 atom stereocenters. The second kappa shape index (κ2) is 9.00. The van der Waals surface area contributed by atoms with Crippen molar-refractivity contribution >= 4 is 11.6 Å². The third-order valence-corrected chi connectivity index (χ3v) is 4.58. The Labute approximate surface area is 162 Å². The van der Waals surface area contributed by atoms with Crippen LogP contribution in [0.5, 0.6) is 0 Å². The zero-order valence-corrected chi connectivity index (χ0v) is 15.2. The maximum absolute atomic E-state index is 13.0. The Balaban J connectivity index is 1.54. The van der Waals surface area contributed by atoms with Gasteiger partial charge in [-0.2, -0.15) is 5.26 Å². The normalized spacial score (nSPS) is 14.5. The van der Waals surface area contributed by atoms with Crippen molar-refractivity contribution in [3.8, 4) is 6.07 Å². The predicted molar refractivity (Wildman–Crippen MR) is 102 cm³/mol. The molecule has 1 aliphatic rings. The van der Waals surface area contributed by atoms with Crippen molar-refractivity contribution in [2.45, 2.75) is 6.54 Å². The molecule has 5 nitrogen and oxygen atoms in total. The zero-order chi connectivity index (χ0) is 19.9. The van der Waals surface area contributed by atoms with Gasteiger partial charge in [0.2, 0.25) is 0 Å². The minimum Gasteiger partial charge on any atom is -0.386 e. The van der Waals surface area contributed by atoms with E-state index < -0.39 is 0 Å². The first kappa shape index (κ1) is 19.4. The summed E-state index contributed by atoms with van der Waals surface area (Å²) >= 11 is 0. The fourth-order valence-corrected chi connectivity index (χ4v) is 3.01. The maximum atomic E-state index is 13.0. The second-order valence-electron chi connectivity index (χ2n) is 6.43. The van der Waals surface area contributed by atoms with E-state index in [1.807, 2.05) is 6.07 Å². The lowest BCUT2D eigenvalue weighted by atomic mass is 10.2. The smallest absolute Gasteiger partial charge is 0.266 e. The van der Waals surface area contributed by atoms with E-state index in [0.717, 1.165) is 11.3 Å². The maximum Gasteiger partial charge on any atom is 0.266 e. The fraction of sp³-hybridized carbons (Fsp3) is 0.238. The average Bonchev–Trinajstić information content (AvgIpc) is 2.73. The molecule has 0 saturated carbocycles. The van der Waals surface area contributed by atoms with Crippen molar-refractivity contribution in [2.24, 2.45) is 0 Å². The van der Waals surface area contributed by atoms with E-state index in [1.54, 1.807) is 29.2 Å². The number of benzene rings is 2. The van der Waals surface area contributed by atoms with Gasteiger partial charge in [-0.3, -0.25) is 4.79 Å². The van der Waals surface area contributed by atoms with Gasteiger partial charge in [0.1, 0.15) is 23.3 Å². The Morgan fingerprint density at radius 1 is 1.00 bits per heavy atom. The standard InChI is InChI=1S/C21H20F2N4O/c22-18-3-1-16(2-4-18)14-25-15-17(13-24)21(28)27-11-9-26(10-12-27)20-7-5-19(23)6-8-20/h1-8,15,25H,9-12,14H2/b17-15-. The van der Waals surface area contributed by atoms with Crippen LogP contribution in [0.4, 0.5) is 14.5 Å². The molecular weight excluding hydrogens is 362 g/mol. The fourth-order valence-electron chi connectivity index (χ4n) is 3.01. The number of nitriles is 1. The minimum absolute atomic E-state index is 0.0253. The summed E-state index contributed by atoms with van der Waals surface area (Å²) in [7, 11) is 0. The van der Waals surface area contributed by atoms with Crippen molar-refractivity contribution in [1.82, 2.24) is 10.2 Å². The van der Waals surface area contributed by atoms with Crippen LogP contribution in [0.1, 0.15) is 5.56 Å². The van der Waals surface area contributed by atoms with Crippen LogP contribution in [0, 0.1) is 23.0 Å². The number of carbonyl (C=O) groups excluding carboxylic acids is 1. The van der Waals surface area contributed by atoms with Crippen LogP contribution >= 0.6 is 0 Å². The minimum atomic E-state index is -0.326. The van der Waals surface area contributed by atoms with Crippen LogP contribution < -0.4 is 10.2 Å². The molecular formula is C21H20F2N4O. The van der Waals surface area contributed by atoms with Crippen LogP contribution in [0.2, 0.25) is 0 Å². The molecule has 0 spiro atoms. The molecule has 0 aliphatic carbocycles. The van der Waals surface area contributed by atoms with Gasteiger partial charge in [-0.05, 0) is 42.0 Å². The van der Waals surface area contributed by atoms with Crippen molar-refractivity contribution in [3.63, 3.8) is 0 Å². The van der Waals surface area contributed by atoms with E-state index in [0.29, 0.717) is 32.7 Å². The molecule has 1 N–H and O–H groups in total. The molecule has 28 heavy (non-hydrogen) atoms. The summed E-state index contributed by atoms with van der Waals surface area (Å²) in [6, 6.07) is 14.2. The van der Waals surface area contributed by atoms with Crippen molar-refractivity contribution in [1.29, 1.82) is 5.26 Å². The highest BCUT2D eigenvalue weighted by molar-refractivity contribution is 5.97. The van der Waals surface area contributed by atoms with Gasteiger partial charge in [-0.1, -0.05) is 12.1 Å².